The molecule has 0 fully saturated rings. The van der Waals surface area contributed by atoms with Gasteiger partial charge in [0, 0.05) is 22.4 Å². The van der Waals surface area contributed by atoms with E-state index in [-0.39, 0.29) is 39.4 Å². The molecule has 0 bridgehead atoms. The Labute approximate surface area is 67.0 Å². The molecule has 2 heteroatoms. The van der Waals surface area contributed by atoms with Crippen molar-refractivity contribution in [3.05, 3.63) is 13.8 Å². The molecule has 0 aromatic heterocycles. The Kier molecular flexibility index (Phi) is 511. The summed E-state index contributed by atoms with van der Waals surface area (Å²) in [5.74, 6) is 0. The van der Waals surface area contributed by atoms with Gasteiger partial charge >= 0.3 is 0 Å². The van der Waals surface area contributed by atoms with Gasteiger partial charge in [-0.05, 0) is 0 Å². The van der Waals surface area contributed by atoms with Crippen LogP contribution in [0.5, 0.6) is 0 Å². The van der Waals surface area contributed by atoms with Gasteiger partial charge < -0.3 is 13.8 Å². The zero-order chi connectivity index (χ0) is 4.00. The summed E-state index contributed by atoms with van der Waals surface area (Å²) in [7, 11) is 0. The van der Waals surface area contributed by atoms with Gasteiger partial charge in [0.1, 0.15) is 0 Å². The second-order valence-corrected chi connectivity index (χ2v) is 0. The number of rotatable bonds is 0. The molecule has 1 radical (unpaired) electrons. The maximum atomic E-state index is 3.25. The van der Waals surface area contributed by atoms with E-state index in [4.69, 9.17) is 0 Å². The van der Waals surface area contributed by atoms with Crippen LogP contribution in [0.1, 0.15) is 13.8 Å². The van der Waals surface area contributed by atoms with E-state index >= 15 is 0 Å². The summed E-state index contributed by atoms with van der Waals surface area (Å²) < 4.78 is 0. The van der Waals surface area contributed by atoms with E-state index in [2.05, 4.69) is 13.8 Å². The van der Waals surface area contributed by atoms with Crippen LogP contribution in [0.3, 0.4) is 0 Å². The Morgan fingerprint density at radius 3 is 0.833 bits per heavy atom. The van der Waals surface area contributed by atoms with Crippen LogP contribution < -0.4 is 0 Å². The van der Waals surface area contributed by atoms with E-state index in [9.17, 15) is 0 Å². The first kappa shape index (κ1) is 26.9. The minimum absolute atomic E-state index is 0. The molecular formula is C4H11AuBr-2. The average Bonchev–Trinajstić information content (AvgIpc) is 1.50. The molecule has 0 aromatic carbocycles. The zero-order valence-electron chi connectivity index (χ0n) is 4.12. The fourth-order valence-corrected chi connectivity index (χ4v) is 0. The molecule has 6 heavy (non-hydrogen) atoms. The van der Waals surface area contributed by atoms with Crippen LogP contribution in [0.2, 0.25) is 0 Å². The maximum Gasteiger partial charge on any atom is 0 e. The summed E-state index contributed by atoms with van der Waals surface area (Å²) in [6.07, 6.45) is 0. The summed E-state index contributed by atoms with van der Waals surface area (Å²) in [6.45, 7) is 10.0. The topological polar surface area (TPSA) is 0 Å². The molecule has 0 saturated heterocycles. The monoisotopic (exact) mass is 335 g/mol. The van der Waals surface area contributed by atoms with Crippen molar-refractivity contribution in [1.82, 2.24) is 0 Å². The minimum Gasteiger partial charge on any atom is -0.346 e. The Balaban J connectivity index is -0.00000000500. The predicted molar refractivity (Wildman–Crippen MR) is 32.4 cm³/mol. The fraction of sp³-hybridized carbons (Fsp3) is 0.500. The maximum absolute atomic E-state index is 3.25. The quantitative estimate of drug-likeness (QED) is 0.470. The molecule has 0 amide bonds. The van der Waals surface area contributed by atoms with E-state index in [0.717, 1.165) is 0 Å². The van der Waals surface area contributed by atoms with Gasteiger partial charge in [0.05, 0.1) is 0 Å². The van der Waals surface area contributed by atoms with Crippen molar-refractivity contribution >= 4 is 17.0 Å². The molecule has 0 heterocycles. The third kappa shape index (κ3) is 62.4. The van der Waals surface area contributed by atoms with Gasteiger partial charge in [0.25, 0.3) is 0 Å². The summed E-state index contributed by atoms with van der Waals surface area (Å²) in [4.78, 5) is 0. The third-order valence-corrected chi connectivity index (χ3v) is 0. The SMILES string of the molecule is Br.[Au].[CH2-]C.[CH2-]C. The first-order valence-electron chi connectivity index (χ1n) is 1.41. The van der Waals surface area contributed by atoms with Gasteiger partial charge in [0.2, 0.25) is 0 Å². The van der Waals surface area contributed by atoms with Crippen LogP contribution in [0.4, 0.5) is 0 Å². The van der Waals surface area contributed by atoms with Crippen LogP contribution in [0.15, 0.2) is 0 Å². The summed E-state index contributed by atoms with van der Waals surface area (Å²) >= 11 is 0. The van der Waals surface area contributed by atoms with Crippen molar-refractivity contribution in [2.75, 3.05) is 0 Å². The molecule has 0 nitrogen and oxygen atoms in total. The van der Waals surface area contributed by atoms with Crippen LogP contribution in [0, 0.1) is 13.8 Å². The van der Waals surface area contributed by atoms with Crippen molar-refractivity contribution in [2.24, 2.45) is 0 Å². The zero-order valence-corrected chi connectivity index (χ0v) is 8.00. The Morgan fingerprint density at radius 2 is 0.833 bits per heavy atom. The molecule has 0 saturated carbocycles. The van der Waals surface area contributed by atoms with Crippen molar-refractivity contribution in [2.45, 2.75) is 13.8 Å². The van der Waals surface area contributed by atoms with Crippen molar-refractivity contribution in [3.63, 3.8) is 0 Å². The van der Waals surface area contributed by atoms with E-state index in [1.807, 2.05) is 0 Å². The molecule has 0 rings (SSSR count). The molecule has 0 aliphatic rings. The average molecular weight is 336 g/mol. The number of hydrogen-bond donors (Lipinski definition) is 0. The molecule has 0 N–H and O–H groups in total. The van der Waals surface area contributed by atoms with Gasteiger partial charge in [-0.15, -0.1) is 17.0 Å². The Hall–Kier alpha value is 1.22. The van der Waals surface area contributed by atoms with E-state index in [1.54, 1.807) is 13.8 Å². The van der Waals surface area contributed by atoms with Gasteiger partial charge in [-0.1, -0.05) is 0 Å². The van der Waals surface area contributed by atoms with E-state index < -0.39 is 0 Å². The van der Waals surface area contributed by atoms with Crippen LogP contribution in [-0.2, 0) is 22.4 Å². The minimum atomic E-state index is 0. The van der Waals surface area contributed by atoms with Crippen molar-refractivity contribution in [3.8, 4) is 0 Å². The van der Waals surface area contributed by atoms with Gasteiger partial charge in [-0.2, -0.15) is 13.8 Å². The fourth-order valence-electron chi connectivity index (χ4n) is 0. The summed E-state index contributed by atoms with van der Waals surface area (Å²) in [6, 6.07) is 0. The molecule has 0 atom stereocenters. The summed E-state index contributed by atoms with van der Waals surface area (Å²) in [5.41, 5.74) is 0. The largest absolute Gasteiger partial charge is 0.346 e. The van der Waals surface area contributed by atoms with Gasteiger partial charge in [0.15, 0.2) is 0 Å². The van der Waals surface area contributed by atoms with Crippen molar-refractivity contribution in [1.29, 1.82) is 0 Å². The molecule has 0 aromatic rings. The molecular weight excluding hydrogens is 325 g/mol. The first-order valence-corrected chi connectivity index (χ1v) is 1.41. The van der Waals surface area contributed by atoms with Crippen LogP contribution in [-0.4, -0.2) is 0 Å². The number of halogens is 1. The second-order valence-electron chi connectivity index (χ2n) is 0. The second kappa shape index (κ2) is 114. The number of hydrogen-bond acceptors (Lipinski definition) is 0. The van der Waals surface area contributed by atoms with Crippen molar-refractivity contribution < 1.29 is 22.4 Å². The summed E-state index contributed by atoms with van der Waals surface area (Å²) in [5, 5.41) is 0. The molecule has 47 valence electrons. The normalized spacial score (nSPS) is 2.00. The van der Waals surface area contributed by atoms with Crippen LogP contribution in [0.25, 0.3) is 0 Å². The van der Waals surface area contributed by atoms with E-state index in [1.165, 1.54) is 0 Å². The molecule has 0 unspecified atom stereocenters. The van der Waals surface area contributed by atoms with Gasteiger partial charge in [-0.3, -0.25) is 0 Å². The van der Waals surface area contributed by atoms with Crippen LogP contribution >= 0.6 is 17.0 Å². The first-order chi connectivity index (χ1) is 2.00. The smallest absolute Gasteiger partial charge is 0 e. The predicted octanol–water partition coefficient (Wildman–Crippen LogP) is 2.26. The standard InChI is InChI=1S/2C2H5.Au.BrH/c2*1-2;;/h2*1H2,2H3;;1H/q2*-1;;. The molecule has 0 aliphatic heterocycles. The molecule has 0 spiro atoms. The molecule has 0 aliphatic carbocycles. The van der Waals surface area contributed by atoms with Gasteiger partial charge in [-0.25, -0.2) is 0 Å². The Bertz CT molecular complexity index is 7.51. The van der Waals surface area contributed by atoms with E-state index in [0.29, 0.717) is 0 Å². The third-order valence-electron chi connectivity index (χ3n) is 0. The Morgan fingerprint density at radius 1 is 0.833 bits per heavy atom.